The normalized spacial score (nSPS) is 16.6. The van der Waals surface area contributed by atoms with Crippen molar-refractivity contribution in [1.29, 1.82) is 0 Å². The van der Waals surface area contributed by atoms with Crippen molar-refractivity contribution in [2.75, 3.05) is 11.6 Å². The number of pyridine rings is 1. The fourth-order valence-corrected chi connectivity index (χ4v) is 2.19. The summed E-state index contributed by atoms with van der Waals surface area (Å²) in [6.45, 7) is 11.5. The van der Waals surface area contributed by atoms with E-state index in [2.05, 4.69) is 4.98 Å². The van der Waals surface area contributed by atoms with E-state index < -0.39 is 5.41 Å². The van der Waals surface area contributed by atoms with Crippen LogP contribution in [0, 0.1) is 5.41 Å². The first kappa shape index (κ1) is 15.5. The first-order chi connectivity index (χ1) is 9.52. The van der Waals surface area contributed by atoms with E-state index >= 15 is 0 Å². The number of ketones is 1. The van der Waals surface area contributed by atoms with Crippen molar-refractivity contribution < 1.29 is 14.4 Å². The molecule has 2 rings (SSSR count). The topological polar surface area (TPSA) is 59.5 Å². The number of rotatable bonds is 2. The summed E-state index contributed by atoms with van der Waals surface area (Å²) in [4.78, 5) is 33.6. The average Bonchev–Trinajstić information content (AvgIpc) is 2.59. The second-order valence-electron chi connectivity index (χ2n) is 7.20. The van der Waals surface area contributed by atoms with Crippen LogP contribution in [0.5, 0.6) is 0 Å². The largest absolute Gasteiger partial charge is 0.340 e. The number of hydroxylamine groups is 1. The summed E-state index contributed by atoms with van der Waals surface area (Å²) in [5.41, 5.74) is 1.24. The van der Waals surface area contributed by atoms with Gasteiger partial charge in [0, 0.05) is 17.2 Å². The molecule has 21 heavy (non-hydrogen) atoms. The van der Waals surface area contributed by atoms with Gasteiger partial charge in [-0.25, -0.2) is 9.86 Å². The van der Waals surface area contributed by atoms with Gasteiger partial charge in [-0.15, -0.1) is 0 Å². The molecule has 1 aliphatic rings. The Morgan fingerprint density at radius 1 is 1.33 bits per heavy atom. The highest BCUT2D eigenvalue weighted by molar-refractivity contribution is 5.95. The molecule has 0 saturated heterocycles. The minimum Gasteiger partial charge on any atom is -0.340 e. The lowest BCUT2D eigenvalue weighted by molar-refractivity contribution is -0.154. The second-order valence-corrected chi connectivity index (χ2v) is 7.20. The van der Waals surface area contributed by atoms with Gasteiger partial charge in [0.25, 0.3) is 0 Å². The van der Waals surface area contributed by atoms with Crippen LogP contribution in [-0.4, -0.2) is 23.3 Å². The van der Waals surface area contributed by atoms with Crippen LogP contribution in [0.4, 0.5) is 5.69 Å². The maximum Gasteiger partial charge on any atom is 0.337 e. The van der Waals surface area contributed by atoms with E-state index in [1.165, 1.54) is 6.92 Å². The van der Waals surface area contributed by atoms with Gasteiger partial charge in [0.2, 0.25) is 0 Å². The monoisotopic (exact) mass is 290 g/mol. The zero-order valence-corrected chi connectivity index (χ0v) is 13.5. The number of hydrogen-bond acceptors (Lipinski definition) is 5. The van der Waals surface area contributed by atoms with Crippen molar-refractivity contribution >= 4 is 17.4 Å². The molecule has 0 unspecified atom stereocenters. The predicted molar refractivity (Wildman–Crippen MR) is 80.2 cm³/mol. The van der Waals surface area contributed by atoms with Crippen LogP contribution in [0.1, 0.15) is 57.6 Å². The third-order valence-corrected chi connectivity index (χ3v) is 3.53. The number of carbonyl (C=O) groups is 2. The Balaban J connectivity index is 2.39. The van der Waals surface area contributed by atoms with Crippen molar-refractivity contribution in [3.63, 3.8) is 0 Å². The molecule has 5 nitrogen and oxygen atoms in total. The van der Waals surface area contributed by atoms with Crippen LogP contribution < -0.4 is 5.06 Å². The van der Waals surface area contributed by atoms with Gasteiger partial charge in [-0.3, -0.25) is 9.78 Å². The van der Waals surface area contributed by atoms with E-state index in [1.54, 1.807) is 17.3 Å². The van der Waals surface area contributed by atoms with Gasteiger partial charge in [0.05, 0.1) is 23.3 Å². The van der Waals surface area contributed by atoms with Crippen LogP contribution >= 0.6 is 0 Å². The zero-order chi connectivity index (χ0) is 16.0. The van der Waals surface area contributed by atoms with E-state index in [0.717, 1.165) is 5.69 Å². The molecule has 0 N–H and O–H groups in total. The fourth-order valence-electron chi connectivity index (χ4n) is 2.19. The molecule has 0 spiro atoms. The molecule has 0 radical (unpaired) electrons. The number of hydrogen-bond donors (Lipinski definition) is 0. The first-order valence-corrected chi connectivity index (χ1v) is 7.04. The highest BCUT2D eigenvalue weighted by Crippen LogP contribution is 2.40. The third-order valence-electron chi connectivity index (χ3n) is 3.53. The van der Waals surface area contributed by atoms with Gasteiger partial charge in [0.1, 0.15) is 0 Å². The van der Waals surface area contributed by atoms with Gasteiger partial charge in [-0.2, -0.15) is 0 Å². The molecule has 1 aromatic heterocycles. The summed E-state index contributed by atoms with van der Waals surface area (Å²) in [6, 6.07) is 1.75. The Bertz CT molecular complexity index is 600. The zero-order valence-electron chi connectivity index (χ0n) is 13.5. The number of Topliss-reactive ketones (excluding diaryl/α,β-unsaturated/α-hetero) is 1. The summed E-state index contributed by atoms with van der Waals surface area (Å²) in [7, 11) is 0. The van der Waals surface area contributed by atoms with Gasteiger partial charge < -0.3 is 4.84 Å². The lowest BCUT2D eigenvalue weighted by Gasteiger charge is -2.24. The number of anilines is 1. The van der Waals surface area contributed by atoms with Crippen molar-refractivity contribution in [3.05, 3.63) is 23.5 Å². The minimum atomic E-state index is -0.585. The molecule has 0 saturated carbocycles. The summed E-state index contributed by atoms with van der Waals surface area (Å²) < 4.78 is 0. The lowest BCUT2D eigenvalue weighted by atomic mass is 9.91. The van der Waals surface area contributed by atoms with Crippen molar-refractivity contribution in [2.45, 2.75) is 47.0 Å². The highest BCUT2D eigenvalue weighted by Gasteiger charge is 2.40. The second kappa shape index (κ2) is 4.83. The molecule has 5 heteroatoms. The number of carbonyl (C=O) groups excluding carboxylic acids is 2. The molecular formula is C16H22N2O3. The predicted octanol–water partition coefficient (Wildman–Crippen LogP) is 2.89. The maximum atomic E-state index is 12.1. The summed E-state index contributed by atoms with van der Waals surface area (Å²) >= 11 is 0. The molecule has 1 aliphatic heterocycles. The van der Waals surface area contributed by atoms with Gasteiger partial charge in [-0.05, 0) is 33.8 Å². The average molecular weight is 290 g/mol. The van der Waals surface area contributed by atoms with Crippen LogP contribution in [0.3, 0.4) is 0 Å². The summed E-state index contributed by atoms with van der Waals surface area (Å²) in [6.07, 6.45) is 1.58. The van der Waals surface area contributed by atoms with Crippen molar-refractivity contribution in [3.8, 4) is 0 Å². The van der Waals surface area contributed by atoms with E-state index in [-0.39, 0.29) is 17.2 Å². The molecule has 0 amide bonds. The smallest absolute Gasteiger partial charge is 0.337 e. The standard InChI is InChI=1S/C16H22N2O3/c1-10(19)11-7-12-13(17-8-11)16(5,6)9-18(12)21-14(20)15(2,3)4/h7-8H,9H2,1-6H3. The van der Waals surface area contributed by atoms with Gasteiger partial charge >= 0.3 is 5.97 Å². The minimum absolute atomic E-state index is 0.0582. The molecule has 1 aromatic rings. The molecule has 0 bridgehead atoms. The Kier molecular flexibility index (Phi) is 3.56. The van der Waals surface area contributed by atoms with Crippen LogP contribution in [-0.2, 0) is 15.0 Å². The molecule has 0 fully saturated rings. The molecule has 0 atom stereocenters. The molecule has 2 heterocycles. The number of aromatic nitrogens is 1. The highest BCUT2D eigenvalue weighted by atomic mass is 16.7. The van der Waals surface area contributed by atoms with Gasteiger partial charge in [-0.1, -0.05) is 13.8 Å². The Labute approximate surface area is 125 Å². The van der Waals surface area contributed by atoms with E-state index in [0.29, 0.717) is 17.8 Å². The first-order valence-electron chi connectivity index (χ1n) is 7.04. The van der Waals surface area contributed by atoms with Crippen LogP contribution in [0.25, 0.3) is 0 Å². The third kappa shape index (κ3) is 2.91. The fraction of sp³-hybridized carbons (Fsp3) is 0.562. The maximum absolute atomic E-state index is 12.1. The Hall–Kier alpha value is -1.91. The van der Waals surface area contributed by atoms with E-state index in [1.807, 2.05) is 34.6 Å². The van der Waals surface area contributed by atoms with Crippen molar-refractivity contribution in [2.24, 2.45) is 5.41 Å². The lowest BCUT2D eigenvalue weighted by Crippen LogP contribution is -2.35. The van der Waals surface area contributed by atoms with Gasteiger partial charge in [0.15, 0.2) is 5.78 Å². The Morgan fingerprint density at radius 2 is 1.95 bits per heavy atom. The molecular weight excluding hydrogens is 268 g/mol. The van der Waals surface area contributed by atoms with Crippen molar-refractivity contribution in [1.82, 2.24) is 4.98 Å². The SMILES string of the molecule is CC(=O)c1cnc2c(c1)N(OC(=O)C(C)(C)C)CC2(C)C. The quantitative estimate of drug-likeness (QED) is 0.784. The van der Waals surface area contributed by atoms with E-state index in [4.69, 9.17) is 4.84 Å². The van der Waals surface area contributed by atoms with Crippen LogP contribution in [0.15, 0.2) is 12.3 Å². The summed E-state index contributed by atoms with van der Waals surface area (Å²) in [5, 5.41) is 1.56. The van der Waals surface area contributed by atoms with E-state index in [9.17, 15) is 9.59 Å². The number of fused-ring (bicyclic) bond motifs is 1. The molecule has 0 aliphatic carbocycles. The molecule has 114 valence electrons. The molecule has 0 aromatic carbocycles. The number of nitrogens with zero attached hydrogens (tertiary/aromatic N) is 2. The summed E-state index contributed by atoms with van der Waals surface area (Å²) in [5.74, 6) is -0.364. The Morgan fingerprint density at radius 3 is 2.48 bits per heavy atom. The van der Waals surface area contributed by atoms with Crippen LogP contribution in [0.2, 0.25) is 0 Å².